The molecule has 3 rings (SSSR count). The molecule has 3 aromatic rings. The van der Waals surface area contributed by atoms with E-state index in [0.29, 0.717) is 13.0 Å². The molecule has 0 bridgehead atoms. The monoisotopic (exact) mass is 468 g/mol. The lowest BCUT2D eigenvalue weighted by Crippen LogP contribution is -2.30. The van der Waals surface area contributed by atoms with Crippen molar-refractivity contribution >= 4 is 17.6 Å². The number of pyridine rings is 1. The molecule has 0 unspecified atom stereocenters. The van der Waals surface area contributed by atoms with E-state index in [1.807, 2.05) is 0 Å². The fourth-order valence-electron chi connectivity index (χ4n) is 2.66. The molecule has 0 saturated heterocycles. The van der Waals surface area contributed by atoms with Gasteiger partial charge in [-0.05, 0) is 44.2 Å². The molecule has 0 aliphatic carbocycles. The van der Waals surface area contributed by atoms with Crippen LogP contribution < -0.4 is 10.6 Å². The van der Waals surface area contributed by atoms with Gasteiger partial charge in [-0.2, -0.15) is 23.7 Å². The van der Waals surface area contributed by atoms with E-state index in [1.165, 1.54) is 26.0 Å². The van der Waals surface area contributed by atoms with E-state index in [-0.39, 0.29) is 35.6 Å². The highest BCUT2D eigenvalue weighted by Gasteiger charge is 2.27. The van der Waals surface area contributed by atoms with Gasteiger partial charge in [-0.3, -0.25) is 0 Å². The molecule has 0 aliphatic rings. The first kappa shape index (κ1) is 24.2. The van der Waals surface area contributed by atoms with E-state index >= 15 is 0 Å². The van der Waals surface area contributed by atoms with Gasteiger partial charge in [-0.25, -0.2) is 18.2 Å². The van der Waals surface area contributed by atoms with Gasteiger partial charge in [-0.1, -0.05) is 6.07 Å². The summed E-state index contributed by atoms with van der Waals surface area (Å²) in [6.07, 6.45) is -2.90. The van der Waals surface area contributed by atoms with Gasteiger partial charge in [0, 0.05) is 24.7 Å². The average Bonchev–Trinajstić information content (AvgIpc) is 2.70. The van der Waals surface area contributed by atoms with E-state index in [4.69, 9.17) is 0 Å². The van der Waals surface area contributed by atoms with Crippen LogP contribution in [-0.2, 0) is 5.92 Å². The number of nitrogens with one attached hydrogen (secondary N) is 2. The Labute approximate surface area is 186 Å². The molecular formula is C21H21F5N6O. The molecule has 7 nitrogen and oxygen atoms in total. The number of aliphatic hydroxyl groups is 1. The molecule has 0 amide bonds. The molecule has 0 radical (unpaired) electrons. The van der Waals surface area contributed by atoms with Crippen molar-refractivity contribution < 1.29 is 27.1 Å². The van der Waals surface area contributed by atoms with Crippen molar-refractivity contribution in [2.45, 2.75) is 38.7 Å². The summed E-state index contributed by atoms with van der Waals surface area (Å²) in [5.74, 6) is -4.45. The van der Waals surface area contributed by atoms with Crippen LogP contribution in [0.5, 0.6) is 0 Å². The highest BCUT2D eigenvalue weighted by molar-refractivity contribution is 5.59. The van der Waals surface area contributed by atoms with Crippen molar-refractivity contribution in [3.63, 3.8) is 0 Å². The highest BCUT2D eigenvalue weighted by atomic mass is 19.3. The van der Waals surface area contributed by atoms with Gasteiger partial charge in [0.25, 0.3) is 12.3 Å². The molecule has 2 aromatic heterocycles. The molecule has 0 saturated carbocycles. The summed E-state index contributed by atoms with van der Waals surface area (Å²) in [5, 5.41) is 15.4. The molecular weight excluding hydrogens is 447 g/mol. The number of alkyl halides is 4. The molecule has 0 atom stereocenters. The number of hydrogen-bond donors (Lipinski definition) is 3. The Hall–Kier alpha value is -3.41. The maximum Gasteiger partial charge on any atom is 0.286 e. The number of rotatable bonds is 8. The third-order valence-electron chi connectivity index (χ3n) is 4.17. The minimum Gasteiger partial charge on any atom is -0.389 e. The predicted octanol–water partition coefficient (Wildman–Crippen LogP) is 5.05. The Balaban J connectivity index is 2.03. The van der Waals surface area contributed by atoms with Crippen molar-refractivity contribution in [2.24, 2.45) is 0 Å². The van der Waals surface area contributed by atoms with E-state index in [1.54, 1.807) is 0 Å². The zero-order valence-electron chi connectivity index (χ0n) is 17.9. The van der Waals surface area contributed by atoms with Crippen LogP contribution in [0.25, 0.3) is 11.5 Å². The molecule has 0 fully saturated rings. The first-order valence-electron chi connectivity index (χ1n) is 9.74. The normalized spacial score (nSPS) is 12.2. The summed E-state index contributed by atoms with van der Waals surface area (Å²) >= 11 is 0. The third-order valence-corrected chi connectivity index (χ3v) is 4.17. The van der Waals surface area contributed by atoms with Crippen molar-refractivity contribution in [1.29, 1.82) is 0 Å². The van der Waals surface area contributed by atoms with Gasteiger partial charge in [0.1, 0.15) is 17.2 Å². The van der Waals surface area contributed by atoms with Gasteiger partial charge >= 0.3 is 0 Å². The largest absolute Gasteiger partial charge is 0.389 e. The van der Waals surface area contributed by atoms with Crippen LogP contribution in [0.4, 0.5) is 39.5 Å². The summed E-state index contributed by atoms with van der Waals surface area (Å²) in [7, 11) is 0. The SMILES string of the molecule is CC(C)(O)CNc1nc(Nc2cc(F)cc(C(F)F)c2)nc(-c2cccc(C(C)(F)F)n2)n1. The third kappa shape index (κ3) is 6.78. The maximum atomic E-state index is 13.8. The lowest BCUT2D eigenvalue weighted by atomic mass is 10.1. The number of halogens is 5. The van der Waals surface area contributed by atoms with Crippen molar-refractivity contribution in [1.82, 2.24) is 19.9 Å². The van der Waals surface area contributed by atoms with Crippen LogP contribution >= 0.6 is 0 Å². The zero-order chi connectivity index (χ0) is 24.4. The van der Waals surface area contributed by atoms with Gasteiger partial charge in [0.15, 0.2) is 5.82 Å². The molecule has 1 aromatic carbocycles. The predicted molar refractivity (Wildman–Crippen MR) is 112 cm³/mol. The Morgan fingerprint density at radius 2 is 1.67 bits per heavy atom. The summed E-state index contributed by atoms with van der Waals surface area (Å²) < 4.78 is 67.3. The fourth-order valence-corrected chi connectivity index (χ4v) is 2.66. The topological polar surface area (TPSA) is 95.8 Å². The molecule has 3 N–H and O–H groups in total. The van der Waals surface area contributed by atoms with E-state index in [0.717, 1.165) is 18.2 Å². The highest BCUT2D eigenvalue weighted by Crippen LogP contribution is 2.28. The van der Waals surface area contributed by atoms with Crippen LogP contribution in [0.1, 0.15) is 38.5 Å². The molecule has 0 spiro atoms. The second-order valence-electron chi connectivity index (χ2n) is 7.97. The quantitative estimate of drug-likeness (QED) is 0.398. The molecule has 33 heavy (non-hydrogen) atoms. The van der Waals surface area contributed by atoms with Crippen molar-refractivity contribution in [3.8, 4) is 11.5 Å². The van der Waals surface area contributed by atoms with Gasteiger partial charge in [0.05, 0.1) is 5.60 Å². The van der Waals surface area contributed by atoms with Gasteiger partial charge in [-0.15, -0.1) is 0 Å². The Bertz CT molecular complexity index is 1130. The van der Waals surface area contributed by atoms with E-state index in [9.17, 15) is 27.1 Å². The second kappa shape index (κ2) is 9.22. The second-order valence-corrected chi connectivity index (χ2v) is 7.97. The fraction of sp³-hybridized carbons (Fsp3) is 0.333. The van der Waals surface area contributed by atoms with Crippen molar-refractivity contribution in [3.05, 3.63) is 53.5 Å². The van der Waals surface area contributed by atoms with Crippen LogP contribution in [0.15, 0.2) is 36.4 Å². The summed E-state index contributed by atoms with van der Waals surface area (Å²) in [4.78, 5) is 16.3. The van der Waals surface area contributed by atoms with E-state index < -0.39 is 35.0 Å². The molecule has 0 aliphatic heterocycles. The summed E-state index contributed by atoms with van der Waals surface area (Å²) in [6, 6.07) is 6.61. The number of hydrogen-bond acceptors (Lipinski definition) is 7. The van der Waals surface area contributed by atoms with Crippen LogP contribution in [0.3, 0.4) is 0 Å². The van der Waals surface area contributed by atoms with E-state index in [2.05, 4.69) is 30.6 Å². The summed E-state index contributed by atoms with van der Waals surface area (Å²) in [5.41, 5.74) is -2.26. The molecule has 2 heterocycles. The van der Waals surface area contributed by atoms with Gasteiger partial charge < -0.3 is 15.7 Å². The lowest BCUT2D eigenvalue weighted by Gasteiger charge is -2.18. The smallest absolute Gasteiger partial charge is 0.286 e. The number of aromatic nitrogens is 4. The Morgan fingerprint density at radius 1 is 0.970 bits per heavy atom. The average molecular weight is 468 g/mol. The number of nitrogens with zero attached hydrogens (tertiary/aromatic N) is 4. The minimum absolute atomic E-state index is 0.00158. The van der Waals surface area contributed by atoms with Gasteiger partial charge in [0.2, 0.25) is 11.9 Å². The number of anilines is 3. The molecule has 12 heteroatoms. The first-order valence-corrected chi connectivity index (χ1v) is 9.74. The van der Waals surface area contributed by atoms with Crippen LogP contribution in [-0.4, -0.2) is 37.2 Å². The zero-order valence-corrected chi connectivity index (χ0v) is 17.9. The Kier molecular flexibility index (Phi) is 6.77. The lowest BCUT2D eigenvalue weighted by molar-refractivity contribution is 0.0128. The van der Waals surface area contributed by atoms with Crippen molar-refractivity contribution in [2.75, 3.05) is 17.2 Å². The number of benzene rings is 1. The Morgan fingerprint density at radius 3 is 2.30 bits per heavy atom. The standard InChI is InChI=1S/C21H21F5N6O/c1-20(2,33)10-27-18-30-17(14-5-4-6-15(29-14)21(3,25)26)31-19(32-18)28-13-8-11(16(23)24)7-12(22)9-13/h4-9,16,33H,10H2,1-3H3,(H2,27,28,30,31,32). The maximum absolute atomic E-state index is 13.8. The van der Waals surface area contributed by atoms with Crippen LogP contribution in [0.2, 0.25) is 0 Å². The van der Waals surface area contributed by atoms with Crippen LogP contribution in [0, 0.1) is 5.82 Å². The first-order chi connectivity index (χ1) is 15.3. The minimum atomic E-state index is -3.21. The molecule has 176 valence electrons. The summed E-state index contributed by atoms with van der Waals surface area (Å²) in [6.45, 7) is 3.79.